The molecule has 5 nitrogen and oxygen atoms in total. The van der Waals surface area contributed by atoms with E-state index in [0.29, 0.717) is 24.4 Å². The van der Waals surface area contributed by atoms with Crippen molar-refractivity contribution in [3.05, 3.63) is 35.6 Å². The molecule has 0 aliphatic rings. The van der Waals surface area contributed by atoms with Crippen LogP contribution in [0.3, 0.4) is 0 Å². The molecular formula is C15H22FN3O2. The van der Waals surface area contributed by atoms with Gasteiger partial charge in [0, 0.05) is 18.7 Å². The van der Waals surface area contributed by atoms with Crippen LogP contribution in [-0.4, -0.2) is 30.9 Å². The standard InChI is InChI=1S/C15H22FN3O2/c1-10(2)9-13(17)15(21)19-8-7-18-14(20)11-3-5-12(16)6-4-11/h3-6,10,13H,7-9,17H2,1-2H3,(H,18,20)(H,19,21)/t13-/m0/s1. The largest absolute Gasteiger partial charge is 0.353 e. The quantitative estimate of drug-likeness (QED) is 0.657. The van der Waals surface area contributed by atoms with Crippen molar-refractivity contribution in [2.24, 2.45) is 11.7 Å². The number of amides is 2. The first kappa shape index (κ1) is 17.1. The van der Waals surface area contributed by atoms with Crippen molar-refractivity contribution in [1.29, 1.82) is 0 Å². The molecule has 6 heteroatoms. The Bertz CT molecular complexity index is 474. The lowest BCUT2D eigenvalue weighted by Crippen LogP contribution is -2.44. The van der Waals surface area contributed by atoms with Crippen LogP contribution in [-0.2, 0) is 4.79 Å². The second kappa shape index (κ2) is 8.36. The Kier molecular flexibility index (Phi) is 6.81. The highest BCUT2D eigenvalue weighted by Crippen LogP contribution is 2.03. The summed E-state index contributed by atoms with van der Waals surface area (Å²) in [6.45, 7) is 4.58. The van der Waals surface area contributed by atoms with Crippen LogP contribution in [0.4, 0.5) is 4.39 Å². The summed E-state index contributed by atoms with van der Waals surface area (Å²) in [6, 6.07) is 4.73. The zero-order valence-corrected chi connectivity index (χ0v) is 12.4. The van der Waals surface area contributed by atoms with Crippen molar-refractivity contribution in [3.8, 4) is 0 Å². The summed E-state index contributed by atoms with van der Waals surface area (Å²) >= 11 is 0. The van der Waals surface area contributed by atoms with Crippen LogP contribution in [0.1, 0.15) is 30.6 Å². The van der Waals surface area contributed by atoms with Crippen molar-refractivity contribution >= 4 is 11.8 Å². The molecule has 0 aliphatic heterocycles. The Morgan fingerprint density at radius 1 is 1.14 bits per heavy atom. The lowest BCUT2D eigenvalue weighted by Gasteiger charge is -2.14. The van der Waals surface area contributed by atoms with E-state index in [1.54, 1.807) is 0 Å². The number of carbonyl (C=O) groups is 2. The van der Waals surface area contributed by atoms with Gasteiger partial charge in [-0.3, -0.25) is 9.59 Å². The fourth-order valence-electron chi connectivity index (χ4n) is 1.81. The van der Waals surface area contributed by atoms with E-state index in [9.17, 15) is 14.0 Å². The second-order valence-corrected chi connectivity index (χ2v) is 5.29. The Morgan fingerprint density at radius 3 is 2.29 bits per heavy atom. The molecule has 0 aromatic heterocycles. The monoisotopic (exact) mass is 295 g/mol. The van der Waals surface area contributed by atoms with Crippen LogP contribution in [0, 0.1) is 11.7 Å². The Balaban J connectivity index is 2.26. The first-order valence-corrected chi connectivity index (χ1v) is 6.97. The lowest BCUT2D eigenvalue weighted by atomic mass is 10.0. The molecular weight excluding hydrogens is 273 g/mol. The van der Waals surface area contributed by atoms with E-state index in [0.717, 1.165) is 0 Å². The minimum Gasteiger partial charge on any atom is -0.353 e. The van der Waals surface area contributed by atoms with Crippen molar-refractivity contribution in [2.45, 2.75) is 26.3 Å². The number of rotatable bonds is 7. The summed E-state index contributed by atoms with van der Waals surface area (Å²) in [5, 5.41) is 5.30. The summed E-state index contributed by atoms with van der Waals surface area (Å²) in [6.07, 6.45) is 0.619. The van der Waals surface area contributed by atoms with Crippen LogP contribution >= 0.6 is 0 Å². The number of nitrogens with two attached hydrogens (primary N) is 1. The highest BCUT2D eigenvalue weighted by atomic mass is 19.1. The lowest BCUT2D eigenvalue weighted by molar-refractivity contribution is -0.122. The fourth-order valence-corrected chi connectivity index (χ4v) is 1.81. The van der Waals surface area contributed by atoms with Gasteiger partial charge in [0.1, 0.15) is 5.82 Å². The maximum absolute atomic E-state index is 12.7. The Morgan fingerprint density at radius 2 is 1.71 bits per heavy atom. The van der Waals surface area contributed by atoms with Gasteiger partial charge >= 0.3 is 0 Å². The molecule has 0 fully saturated rings. The molecule has 0 radical (unpaired) electrons. The third-order valence-electron chi connectivity index (χ3n) is 2.88. The SMILES string of the molecule is CC(C)C[C@H](N)C(=O)NCCNC(=O)c1ccc(F)cc1. The molecule has 0 bridgehead atoms. The number of benzene rings is 1. The third kappa shape index (κ3) is 6.35. The average molecular weight is 295 g/mol. The van der Waals surface area contributed by atoms with E-state index in [4.69, 9.17) is 5.73 Å². The topological polar surface area (TPSA) is 84.2 Å². The van der Waals surface area contributed by atoms with Crippen LogP contribution in [0.25, 0.3) is 0 Å². The maximum Gasteiger partial charge on any atom is 0.251 e. The molecule has 1 atom stereocenters. The van der Waals surface area contributed by atoms with E-state index in [2.05, 4.69) is 10.6 Å². The smallest absolute Gasteiger partial charge is 0.251 e. The summed E-state index contributed by atoms with van der Waals surface area (Å²) in [4.78, 5) is 23.3. The fraction of sp³-hybridized carbons (Fsp3) is 0.467. The predicted octanol–water partition coefficient (Wildman–Crippen LogP) is 1.05. The summed E-state index contributed by atoms with van der Waals surface area (Å²) in [5.74, 6) is -0.572. The van der Waals surface area contributed by atoms with Crippen LogP contribution in [0.15, 0.2) is 24.3 Å². The summed E-state index contributed by atoms with van der Waals surface area (Å²) in [7, 11) is 0. The highest BCUT2D eigenvalue weighted by molar-refractivity contribution is 5.94. The second-order valence-electron chi connectivity index (χ2n) is 5.29. The third-order valence-corrected chi connectivity index (χ3v) is 2.88. The molecule has 21 heavy (non-hydrogen) atoms. The van der Waals surface area contributed by atoms with Gasteiger partial charge in [0.05, 0.1) is 6.04 Å². The minimum atomic E-state index is -0.530. The van der Waals surface area contributed by atoms with E-state index in [1.165, 1.54) is 24.3 Å². The van der Waals surface area contributed by atoms with Gasteiger partial charge < -0.3 is 16.4 Å². The molecule has 1 rings (SSSR count). The van der Waals surface area contributed by atoms with Gasteiger partial charge in [0.15, 0.2) is 0 Å². The number of halogens is 1. The van der Waals surface area contributed by atoms with Gasteiger partial charge in [-0.05, 0) is 36.6 Å². The van der Waals surface area contributed by atoms with Gasteiger partial charge in [-0.1, -0.05) is 13.8 Å². The maximum atomic E-state index is 12.7. The highest BCUT2D eigenvalue weighted by Gasteiger charge is 2.14. The van der Waals surface area contributed by atoms with E-state index in [1.807, 2.05) is 13.8 Å². The van der Waals surface area contributed by atoms with Crippen LogP contribution < -0.4 is 16.4 Å². The van der Waals surface area contributed by atoms with Crippen molar-refractivity contribution in [2.75, 3.05) is 13.1 Å². The number of nitrogens with one attached hydrogen (secondary N) is 2. The molecule has 116 valence electrons. The molecule has 0 saturated heterocycles. The molecule has 0 saturated carbocycles. The zero-order chi connectivity index (χ0) is 15.8. The number of hydrogen-bond acceptors (Lipinski definition) is 3. The molecule has 0 heterocycles. The summed E-state index contributed by atoms with van der Waals surface area (Å²) < 4.78 is 12.7. The Hall–Kier alpha value is -1.95. The van der Waals surface area contributed by atoms with Crippen LogP contribution in [0.2, 0.25) is 0 Å². The van der Waals surface area contributed by atoms with Gasteiger partial charge in [-0.25, -0.2) is 4.39 Å². The molecule has 1 aromatic rings. The molecule has 0 unspecified atom stereocenters. The van der Waals surface area contributed by atoms with E-state index in [-0.39, 0.29) is 18.4 Å². The van der Waals surface area contributed by atoms with Gasteiger partial charge in [-0.15, -0.1) is 0 Å². The van der Waals surface area contributed by atoms with Gasteiger partial charge in [-0.2, -0.15) is 0 Å². The number of carbonyl (C=O) groups excluding carboxylic acids is 2. The van der Waals surface area contributed by atoms with E-state index >= 15 is 0 Å². The Labute approximate surface area is 124 Å². The first-order chi connectivity index (χ1) is 9.90. The molecule has 4 N–H and O–H groups in total. The molecule has 2 amide bonds. The van der Waals surface area contributed by atoms with Gasteiger partial charge in [0.2, 0.25) is 5.91 Å². The van der Waals surface area contributed by atoms with Crippen molar-refractivity contribution < 1.29 is 14.0 Å². The van der Waals surface area contributed by atoms with Crippen molar-refractivity contribution in [3.63, 3.8) is 0 Å². The first-order valence-electron chi connectivity index (χ1n) is 6.97. The summed E-state index contributed by atoms with van der Waals surface area (Å²) in [5.41, 5.74) is 6.10. The zero-order valence-electron chi connectivity index (χ0n) is 12.4. The molecule has 0 spiro atoms. The number of hydrogen-bond donors (Lipinski definition) is 3. The van der Waals surface area contributed by atoms with E-state index < -0.39 is 11.9 Å². The molecule has 0 aliphatic carbocycles. The molecule has 1 aromatic carbocycles. The van der Waals surface area contributed by atoms with Gasteiger partial charge in [0.25, 0.3) is 5.91 Å². The normalized spacial score (nSPS) is 12.0. The minimum absolute atomic E-state index is 0.222. The predicted molar refractivity (Wildman–Crippen MR) is 79.2 cm³/mol. The van der Waals surface area contributed by atoms with Crippen molar-refractivity contribution in [1.82, 2.24) is 10.6 Å². The van der Waals surface area contributed by atoms with Crippen LogP contribution in [0.5, 0.6) is 0 Å². The average Bonchev–Trinajstić information content (AvgIpc) is 2.43.